The Morgan fingerprint density at radius 1 is 0.952 bits per heavy atom. The molecule has 0 unspecified atom stereocenters. The smallest absolute Gasteiger partial charge is 0.0650 e. The quantitative estimate of drug-likeness (QED) is 0.794. The van der Waals surface area contributed by atoms with Crippen LogP contribution in [0.4, 0.5) is 5.69 Å². The molecule has 110 valence electrons. The number of benzene rings is 2. The number of hydrogen-bond donors (Lipinski definition) is 0. The Labute approximate surface area is 139 Å². The summed E-state index contributed by atoms with van der Waals surface area (Å²) in [5.74, 6) is 0. The van der Waals surface area contributed by atoms with Crippen molar-refractivity contribution in [2.45, 2.75) is 6.54 Å². The van der Waals surface area contributed by atoms with Crippen LogP contribution in [0.2, 0.25) is 5.02 Å². The molecule has 0 N–H and O–H groups in total. The third-order valence-electron chi connectivity index (χ3n) is 3.87. The molecule has 2 aromatic carbocycles. The molecule has 0 bridgehead atoms. The van der Waals surface area contributed by atoms with E-state index in [0.717, 1.165) is 47.9 Å². The van der Waals surface area contributed by atoms with E-state index in [1.807, 2.05) is 6.07 Å². The van der Waals surface area contributed by atoms with Gasteiger partial charge in [-0.3, -0.25) is 4.90 Å². The van der Waals surface area contributed by atoms with Crippen molar-refractivity contribution in [2.24, 2.45) is 0 Å². The van der Waals surface area contributed by atoms with Crippen LogP contribution in [-0.2, 0) is 6.54 Å². The summed E-state index contributed by atoms with van der Waals surface area (Å²) in [5, 5.41) is 0.820. The molecular formula is C17H18BrClN2. The second kappa shape index (κ2) is 6.82. The molecule has 1 aliphatic rings. The summed E-state index contributed by atoms with van der Waals surface area (Å²) in [6, 6.07) is 16.8. The molecule has 0 aliphatic carbocycles. The molecule has 0 aromatic heterocycles. The van der Waals surface area contributed by atoms with Crippen LogP contribution in [0, 0.1) is 0 Å². The number of halogens is 2. The van der Waals surface area contributed by atoms with Crippen LogP contribution in [-0.4, -0.2) is 31.1 Å². The number of nitrogens with zero attached hydrogens (tertiary/aromatic N) is 2. The summed E-state index contributed by atoms with van der Waals surface area (Å²) in [5.41, 5.74) is 2.52. The Hall–Kier alpha value is -1.03. The molecule has 1 fully saturated rings. The summed E-state index contributed by atoms with van der Waals surface area (Å²) >= 11 is 9.80. The van der Waals surface area contributed by atoms with E-state index in [2.05, 4.69) is 68.2 Å². The Morgan fingerprint density at radius 3 is 2.33 bits per heavy atom. The van der Waals surface area contributed by atoms with Crippen molar-refractivity contribution in [1.29, 1.82) is 0 Å². The van der Waals surface area contributed by atoms with Gasteiger partial charge in [-0.25, -0.2) is 0 Å². The van der Waals surface area contributed by atoms with Crippen LogP contribution >= 0.6 is 27.5 Å². The number of piperazine rings is 1. The molecule has 0 amide bonds. The van der Waals surface area contributed by atoms with E-state index < -0.39 is 0 Å². The maximum Gasteiger partial charge on any atom is 0.0650 e. The normalized spacial score (nSPS) is 16.2. The number of hydrogen-bond acceptors (Lipinski definition) is 2. The highest BCUT2D eigenvalue weighted by Crippen LogP contribution is 2.29. The van der Waals surface area contributed by atoms with Gasteiger partial charge in [0.15, 0.2) is 0 Å². The van der Waals surface area contributed by atoms with E-state index in [0.29, 0.717) is 0 Å². The first-order valence-electron chi connectivity index (χ1n) is 7.18. The lowest BCUT2D eigenvalue weighted by molar-refractivity contribution is 0.250. The van der Waals surface area contributed by atoms with Crippen LogP contribution in [0.3, 0.4) is 0 Å². The molecule has 21 heavy (non-hydrogen) atoms. The minimum atomic E-state index is 0.820. The molecule has 2 aromatic rings. The minimum absolute atomic E-state index is 0.820. The topological polar surface area (TPSA) is 6.48 Å². The predicted octanol–water partition coefficient (Wildman–Crippen LogP) is 4.42. The first-order valence-corrected chi connectivity index (χ1v) is 8.36. The van der Waals surface area contributed by atoms with Gasteiger partial charge >= 0.3 is 0 Å². The molecule has 0 spiro atoms. The molecule has 3 rings (SSSR count). The largest absolute Gasteiger partial charge is 0.368 e. The van der Waals surface area contributed by atoms with E-state index in [9.17, 15) is 0 Å². The lowest BCUT2D eigenvalue weighted by Gasteiger charge is -2.36. The van der Waals surface area contributed by atoms with Gasteiger partial charge in [-0.05, 0) is 23.8 Å². The predicted molar refractivity (Wildman–Crippen MR) is 93.1 cm³/mol. The Morgan fingerprint density at radius 2 is 1.67 bits per heavy atom. The van der Waals surface area contributed by atoms with Crippen LogP contribution < -0.4 is 4.90 Å². The average Bonchev–Trinajstić information content (AvgIpc) is 2.49. The van der Waals surface area contributed by atoms with Crippen molar-refractivity contribution in [3.05, 3.63) is 63.6 Å². The fourth-order valence-electron chi connectivity index (χ4n) is 2.73. The van der Waals surface area contributed by atoms with Crippen LogP contribution in [0.25, 0.3) is 0 Å². The maximum atomic E-state index is 6.34. The van der Waals surface area contributed by atoms with Gasteiger partial charge in [0, 0.05) is 37.2 Å². The van der Waals surface area contributed by atoms with E-state index in [1.165, 1.54) is 5.56 Å². The van der Waals surface area contributed by atoms with Crippen LogP contribution in [0.1, 0.15) is 5.56 Å². The Bertz CT molecular complexity index is 595. The minimum Gasteiger partial charge on any atom is -0.368 e. The highest BCUT2D eigenvalue weighted by Gasteiger charge is 2.18. The summed E-state index contributed by atoms with van der Waals surface area (Å²) in [7, 11) is 0. The zero-order chi connectivity index (χ0) is 14.7. The van der Waals surface area contributed by atoms with Gasteiger partial charge in [0.25, 0.3) is 0 Å². The summed E-state index contributed by atoms with van der Waals surface area (Å²) in [6.45, 7) is 5.22. The maximum absolute atomic E-state index is 6.34. The van der Waals surface area contributed by atoms with Crippen LogP contribution in [0.5, 0.6) is 0 Å². The first kappa shape index (κ1) is 14.9. The number of rotatable bonds is 3. The highest BCUT2D eigenvalue weighted by atomic mass is 79.9. The Kier molecular flexibility index (Phi) is 4.84. The average molecular weight is 366 g/mol. The fraction of sp³-hybridized carbons (Fsp3) is 0.294. The van der Waals surface area contributed by atoms with Gasteiger partial charge < -0.3 is 4.90 Å². The molecule has 2 nitrogen and oxygen atoms in total. The van der Waals surface area contributed by atoms with Crippen LogP contribution in [0.15, 0.2) is 53.0 Å². The summed E-state index contributed by atoms with van der Waals surface area (Å²) in [6.07, 6.45) is 0. The van der Waals surface area contributed by atoms with Crippen molar-refractivity contribution in [2.75, 3.05) is 31.1 Å². The van der Waals surface area contributed by atoms with E-state index in [1.54, 1.807) is 0 Å². The molecule has 4 heteroatoms. The Balaban J connectivity index is 1.60. The highest BCUT2D eigenvalue weighted by molar-refractivity contribution is 9.10. The monoisotopic (exact) mass is 364 g/mol. The molecule has 1 aliphatic heterocycles. The SMILES string of the molecule is Clc1cc(Br)ccc1N1CCN(Cc2ccccc2)CC1. The third kappa shape index (κ3) is 3.79. The fourth-order valence-corrected chi connectivity index (χ4v) is 3.52. The second-order valence-corrected chi connectivity index (χ2v) is 6.67. The summed E-state index contributed by atoms with van der Waals surface area (Å²) in [4.78, 5) is 4.87. The van der Waals surface area contributed by atoms with Crippen molar-refractivity contribution in [1.82, 2.24) is 4.90 Å². The molecule has 0 saturated carbocycles. The van der Waals surface area contributed by atoms with Crippen molar-refractivity contribution >= 4 is 33.2 Å². The van der Waals surface area contributed by atoms with Gasteiger partial charge in [0.1, 0.15) is 0 Å². The van der Waals surface area contributed by atoms with Crippen molar-refractivity contribution in [3.63, 3.8) is 0 Å². The summed E-state index contributed by atoms with van der Waals surface area (Å²) < 4.78 is 1.03. The van der Waals surface area contributed by atoms with Crippen molar-refractivity contribution < 1.29 is 0 Å². The first-order chi connectivity index (χ1) is 10.2. The molecule has 0 radical (unpaired) electrons. The van der Waals surface area contributed by atoms with E-state index >= 15 is 0 Å². The zero-order valence-corrected chi connectivity index (χ0v) is 14.1. The lowest BCUT2D eigenvalue weighted by Crippen LogP contribution is -2.46. The van der Waals surface area contributed by atoms with Gasteiger partial charge in [-0.1, -0.05) is 57.9 Å². The van der Waals surface area contributed by atoms with Gasteiger partial charge in [0.05, 0.1) is 10.7 Å². The van der Waals surface area contributed by atoms with Gasteiger partial charge in [-0.15, -0.1) is 0 Å². The molecule has 1 saturated heterocycles. The standard InChI is InChI=1S/C17H18BrClN2/c18-15-6-7-17(16(19)12-15)21-10-8-20(9-11-21)13-14-4-2-1-3-5-14/h1-7,12H,8-11,13H2. The lowest BCUT2D eigenvalue weighted by atomic mass is 10.2. The molecule has 0 atom stereocenters. The second-order valence-electron chi connectivity index (χ2n) is 5.34. The van der Waals surface area contributed by atoms with Gasteiger partial charge in [0.2, 0.25) is 0 Å². The molecular weight excluding hydrogens is 348 g/mol. The van der Waals surface area contributed by atoms with E-state index in [4.69, 9.17) is 11.6 Å². The third-order valence-corrected chi connectivity index (χ3v) is 4.67. The van der Waals surface area contributed by atoms with Gasteiger partial charge in [-0.2, -0.15) is 0 Å². The zero-order valence-electron chi connectivity index (χ0n) is 11.8. The number of anilines is 1. The van der Waals surface area contributed by atoms with E-state index in [-0.39, 0.29) is 0 Å². The molecule has 1 heterocycles. The van der Waals surface area contributed by atoms with Crippen molar-refractivity contribution in [3.8, 4) is 0 Å².